The molecule has 7 nitrogen and oxygen atoms in total. The summed E-state index contributed by atoms with van der Waals surface area (Å²) in [5.74, 6) is 1.04. The van der Waals surface area contributed by atoms with Gasteiger partial charge in [-0.1, -0.05) is 30.3 Å². The van der Waals surface area contributed by atoms with Crippen molar-refractivity contribution >= 4 is 22.8 Å². The molecule has 130 valence electrons. The number of hydrogen-bond acceptors (Lipinski definition) is 6. The number of aromatic nitrogens is 4. The van der Waals surface area contributed by atoms with Crippen LogP contribution in [0.2, 0.25) is 0 Å². The van der Waals surface area contributed by atoms with Crippen LogP contribution in [-0.4, -0.2) is 43.3 Å². The predicted octanol–water partition coefficient (Wildman–Crippen LogP) is 2.02. The normalized spacial score (nSPS) is 21.0. The summed E-state index contributed by atoms with van der Waals surface area (Å²) in [4.78, 5) is 11.5. The van der Waals surface area contributed by atoms with Crippen LogP contribution in [0.25, 0.3) is 11.0 Å². The third-order valence-electron chi connectivity index (χ3n) is 4.89. The molecule has 1 aromatic carbocycles. The van der Waals surface area contributed by atoms with Crippen molar-refractivity contribution in [2.24, 2.45) is 7.05 Å². The second-order valence-electron chi connectivity index (χ2n) is 6.78. The fourth-order valence-electron chi connectivity index (χ4n) is 3.53. The van der Waals surface area contributed by atoms with Crippen molar-refractivity contribution in [2.45, 2.75) is 32.0 Å². The highest BCUT2D eigenvalue weighted by atomic mass is 15.3. The average Bonchev–Trinajstić information content (AvgIpc) is 3.12. The van der Waals surface area contributed by atoms with Gasteiger partial charge < -0.3 is 11.1 Å². The molecule has 7 heteroatoms. The molecule has 3 aromatic rings. The minimum absolute atomic E-state index is 0.309. The molecule has 3 heterocycles. The Morgan fingerprint density at radius 1 is 1.24 bits per heavy atom. The minimum Gasteiger partial charge on any atom is -0.383 e. The van der Waals surface area contributed by atoms with Gasteiger partial charge in [0.05, 0.1) is 11.6 Å². The van der Waals surface area contributed by atoms with Gasteiger partial charge in [-0.2, -0.15) is 15.1 Å². The molecule has 1 saturated heterocycles. The van der Waals surface area contributed by atoms with Crippen molar-refractivity contribution < 1.29 is 0 Å². The first kappa shape index (κ1) is 15.8. The lowest BCUT2D eigenvalue weighted by atomic mass is 10.2. The highest BCUT2D eigenvalue weighted by molar-refractivity contribution is 5.86. The molecular weight excluding hydrogens is 314 g/mol. The smallest absolute Gasteiger partial charge is 0.226 e. The topological polar surface area (TPSA) is 84.9 Å². The van der Waals surface area contributed by atoms with Crippen molar-refractivity contribution in [1.82, 2.24) is 24.6 Å². The van der Waals surface area contributed by atoms with E-state index in [1.165, 1.54) is 5.56 Å². The van der Waals surface area contributed by atoms with E-state index in [2.05, 4.69) is 62.5 Å². The zero-order chi connectivity index (χ0) is 17.4. The molecule has 3 N–H and O–H groups in total. The zero-order valence-corrected chi connectivity index (χ0v) is 14.6. The van der Waals surface area contributed by atoms with Crippen LogP contribution in [0.15, 0.2) is 36.5 Å². The van der Waals surface area contributed by atoms with Gasteiger partial charge in [-0.05, 0) is 18.9 Å². The van der Waals surface area contributed by atoms with Gasteiger partial charge in [0.2, 0.25) is 5.95 Å². The van der Waals surface area contributed by atoms with Crippen molar-refractivity contribution in [3.8, 4) is 0 Å². The molecule has 1 aliphatic rings. The Labute approximate surface area is 146 Å². The molecule has 0 amide bonds. The van der Waals surface area contributed by atoms with E-state index in [0.717, 1.165) is 30.5 Å². The van der Waals surface area contributed by atoms with Crippen LogP contribution < -0.4 is 11.1 Å². The summed E-state index contributed by atoms with van der Waals surface area (Å²) in [6, 6.07) is 11.4. The highest BCUT2D eigenvalue weighted by Crippen LogP contribution is 2.24. The molecule has 2 atom stereocenters. The number of nitrogens with one attached hydrogen (secondary N) is 1. The van der Waals surface area contributed by atoms with Gasteiger partial charge in [0.1, 0.15) is 5.82 Å². The Bertz CT molecular complexity index is 874. The molecule has 0 unspecified atom stereocenters. The Morgan fingerprint density at radius 2 is 2.04 bits per heavy atom. The number of rotatable bonds is 4. The Morgan fingerprint density at radius 3 is 2.84 bits per heavy atom. The van der Waals surface area contributed by atoms with Gasteiger partial charge in [0, 0.05) is 32.2 Å². The standard InChI is InChI=1S/C18H23N7/c1-12-8-14(11-25(12)10-13-6-4-3-5-7-13)21-18-22-16(19)15-9-20-24(2)17(15)23-18/h3-7,9,12,14H,8,10-11H2,1-2H3,(H3,19,21,22,23)/t12-,14-/m1/s1. The fraction of sp³-hybridized carbons (Fsp3) is 0.389. The van der Waals surface area contributed by atoms with Gasteiger partial charge in [-0.3, -0.25) is 9.58 Å². The lowest BCUT2D eigenvalue weighted by Crippen LogP contribution is -2.29. The molecule has 0 spiro atoms. The summed E-state index contributed by atoms with van der Waals surface area (Å²) in [5.41, 5.74) is 8.14. The summed E-state index contributed by atoms with van der Waals surface area (Å²) < 4.78 is 1.72. The van der Waals surface area contributed by atoms with Gasteiger partial charge in [-0.15, -0.1) is 0 Å². The lowest BCUT2D eigenvalue weighted by Gasteiger charge is -2.20. The minimum atomic E-state index is 0.309. The first-order valence-electron chi connectivity index (χ1n) is 8.60. The summed E-state index contributed by atoms with van der Waals surface area (Å²) in [6.07, 6.45) is 2.76. The lowest BCUT2D eigenvalue weighted by molar-refractivity contribution is 0.259. The third-order valence-corrected chi connectivity index (χ3v) is 4.89. The number of aryl methyl sites for hydroxylation is 1. The van der Waals surface area contributed by atoms with Gasteiger partial charge in [0.15, 0.2) is 5.65 Å². The number of hydrogen-bond donors (Lipinski definition) is 2. The first-order valence-corrected chi connectivity index (χ1v) is 8.60. The number of likely N-dealkylation sites (tertiary alicyclic amines) is 1. The second-order valence-corrected chi connectivity index (χ2v) is 6.78. The van der Waals surface area contributed by atoms with E-state index in [1.54, 1.807) is 10.9 Å². The summed E-state index contributed by atoms with van der Waals surface area (Å²) >= 11 is 0. The average molecular weight is 337 g/mol. The predicted molar refractivity (Wildman–Crippen MR) is 99.1 cm³/mol. The van der Waals surface area contributed by atoms with E-state index < -0.39 is 0 Å². The van der Waals surface area contributed by atoms with Crippen LogP contribution >= 0.6 is 0 Å². The van der Waals surface area contributed by atoms with Crippen LogP contribution in [0.1, 0.15) is 18.9 Å². The summed E-state index contributed by atoms with van der Waals surface area (Å²) in [7, 11) is 1.86. The second kappa shape index (κ2) is 6.33. The maximum absolute atomic E-state index is 6.05. The van der Waals surface area contributed by atoms with E-state index in [9.17, 15) is 0 Å². The van der Waals surface area contributed by atoms with Crippen molar-refractivity contribution in [2.75, 3.05) is 17.6 Å². The monoisotopic (exact) mass is 337 g/mol. The number of anilines is 2. The molecule has 4 rings (SSSR count). The molecule has 25 heavy (non-hydrogen) atoms. The Balaban J connectivity index is 1.47. The molecular formula is C18H23N7. The molecule has 0 aliphatic carbocycles. The Hall–Kier alpha value is -2.67. The maximum Gasteiger partial charge on any atom is 0.226 e. The summed E-state index contributed by atoms with van der Waals surface area (Å²) in [6.45, 7) is 4.19. The SMILES string of the molecule is C[C@@H]1C[C@@H](Nc2nc(N)c3cnn(C)c3n2)CN1Cc1ccccc1. The number of benzene rings is 1. The number of nitrogens with two attached hydrogens (primary N) is 1. The van der Waals surface area contributed by atoms with Crippen LogP contribution in [0.3, 0.4) is 0 Å². The number of fused-ring (bicyclic) bond motifs is 1. The van der Waals surface area contributed by atoms with Crippen molar-refractivity contribution in [3.63, 3.8) is 0 Å². The van der Waals surface area contributed by atoms with Crippen molar-refractivity contribution in [3.05, 3.63) is 42.1 Å². The number of nitrogens with zero attached hydrogens (tertiary/aromatic N) is 5. The maximum atomic E-state index is 6.05. The molecule has 2 aromatic heterocycles. The molecule has 0 bridgehead atoms. The quantitative estimate of drug-likeness (QED) is 0.758. The molecule has 0 radical (unpaired) electrons. The van der Waals surface area contributed by atoms with Crippen LogP contribution in [0.5, 0.6) is 0 Å². The van der Waals surface area contributed by atoms with E-state index in [-0.39, 0.29) is 0 Å². The molecule has 1 fully saturated rings. The largest absolute Gasteiger partial charge is 0.383 e. The van der Waals surface area contributed by atoms with Crippen molar-refractivity contribution in [1.29, 1.82) is 0 Å². The fourth-order valence-corrected chi connectivity index (χ4v) is 3.53. The van der Waals surface area contributed by atoms with Gasteiger partial charge >= 0.3 is 0 Å². The highest BCUT2D eigenvalue weighted by Gasteiger charge is 2.29. The van der Waals surface area contributed by atoms with Crippen LogP contribution in [0.4, 0.5) is 11.8 Å². The molecule has 1 aliphatic heterocycles. The number of nitrogen functional groups attached to an aromatic ring is 1. The first-order chi connectivity index (χ1) is 12.1. The van der Waals surface area contributed by atoms with Crippen LogP contribution in [-0.2, 0) is 13.6 Å². The zero-order valence-electron chi connectivity index (χ0n) is 14.6. The van der Waals surface area contributed by atoms with E-state index in [0.29, 0.717) is 23.8 Å². The van der Waals surface area contributed by atoms with Gasteiger partial charge in [0.25, 0.3) is 0 Å². The Kier molecular flexibility index (Phi) is 4.01. The van der Waals surface area contributed by atoms with Gasteiger partial charge in [-0.25, -0.2) is 0 Å². The third kappa shape index (κ3) is 3.15. The van der Waals surface area contributed by atoms with Crippen LogP contribution in [0, 0.1) is 0 Å². The molecule has 0 saturated carbocycles. The van der Waals surface area contributed by atoms with E-state index >= 15 is 0 Å². The van der Waals surface area contributed by atoms with E-state index in [4.69, 9.17) is 5.73 Å². The van der Waals surface area contributed by atoms with E-state index in [1.807, 2.05) is 7.05 Å². The summed E-state index contributed by atoms with van der Waals surface area (Å²) in [5, 5.41) is 8.44.